The number of anilines is 2. The second-order valence-corrected chi connectivity index (χ2v) is 4.80. The zero-order valence-corrected chi connectivity index (χ0v) is 10.8. The van der Waals surface area contributed by atoms with Gasteiger partial charge >= 0.3 is 0 Å². The summed E-state index contributed by atoms with van der Waals surface area (Å²) in [6.45, 7) is 0. The van der Waals surface area contributed by atoms with Gasteiger partial charge in [-0.3, -0.25) is 0 Å². The predicted molar refractivity (Wildman–Crippen MR) is 76.4 cm³/mol. The molecule has 0 spiro atoms. The van der Waals surface area contributed by atoms with Crippen LogP contribution in [0.2, 0.25) is 0 Å². The molecule has 0 bridgehead atoms. The van der Waals surface area contributed by atoms with Crippen LogP contribution in [0.15, 0.2) is 42.5 Å². The number of rotatable bonds is 4. The van der Waals surface area contributed by atoms with Gasteiger partial charge in [0.15, 0.2) is 5.82 Å². The molecule has 1 aromatic heterocycles. The molecule has 0 amide bonds. The lowest BCUT2D eigenvalue weighted by Crippen LogP contribution is -2.08. The van der Waals surface area contributed by atoms with E-state index in [1.165, 1.54) is 5.56 Å². The molecule has 3 N–H and O–H groups in total. The van der Waals surface area contributed by atoms with Crippen LogP contribution in [0.25, 0.3) is 0 Å². The average Bonchev–Trinajstić information content (AvgIpc) is 3.21. The summed E-state index contributed by atoms with van der Waals surface area (Å²) in [5, 5.41) is 3.39. The van der Waals surface area contributed by atoms with Gasteiger partial charge in [0.1, 0.15) is 0 Å². The Labute approximate surface area is 112 Å². The van der Waals surface area contributed by atoms with Crippen LogP contribution in [0.5, 0.6) is 5.88 Å². The quantitative estimate of drug-likeness (QED) is 0.881. The second kappa shape index (κ2) is 4.80. The summed E-state index contributed by atoms with van der Waals surface area (Å²) >= 11 is 0. The number of hydrogen-bond donors (Lipinski definition) is 2. The van der Waals surface area contributed by atoms with Crippen LogP contribution < -0.4 is 15.8 Å². The number of nitrogens with one attached hydrogen (secondary N) is 1. The molecular weight excluding hydrogens is 238 g/mol. The number of methoxy groups -OCH3 is 1. The van der Waals surface area contributed by atoms with Gasteiger partial charge in [0.05, 0.1) is 12.8 Å². The highest BCUT2D eigenvalue weighted by Crippen LogP contribution is 2.43. The maximum Gasteiger partial charge on any atom is 0.215 e. The van der Waals surface area contributed by atoms with E-state index in [1.54, 1.807) is 13.2 Å². The second-order valence-electron chi connectivity index (χ2n) is 4.80. The van der Waals surface area contributed by atoms with Crippen molar-refractivity contribution < 1.29 is 4.74 Å². The number of pyridine rings is 1. The van der Waals surface area contributed by atoms with E-state index in [0.717, 1.165) is 6.42 Å². The smallest absolute Gasteiger partial charge is 0.215 e. The Morgan fingerprint density at radius 1 is 1.21 bits per heavy atom. The number of aromatic nitrogens is 1. The molecule has 2 aromatic rings. The van der Waals surface area contributed by atoms with E-state index in [-0.39, 0.29) is 0 Å². The Bertz CT molecular complexity index is 571. The third-order valence-corrected chi connectivity index (χ3v) is 3.45. The zero-order valence-electron chi connectivity index (χ0n) is 10.8. The minimum absolute atomic E-state index is 0.407. The van der Waals surface area contributed by atoms with Crippen molar-refractivity contribution in [2.45, 2.75) is 18.4 Å². The van der Waals surface area contributed by atoms with Crippen molar-refractivity contribution in [3.05, 3.63) is 48.0 Å². The van der Waals surface area contributed by atoms with Gasteiger partial charge in [0, 0.05) is 18.0 Å². The molecule has 0 saturated heterocycles. The van der Waals surface area contributed by atoms with Gasteiger partial charge in [0.25, 0.3) is 0 Å². The fourth-order valence-corrected chi connectivity index (χ4v) is 2.28. The van der Waals surface area contributed by atoms with Gasteiger partial charge in [-0.1, -0.05) is 30.3 Å². The molecule has 98 valence electrons. The highest BCUT2D eigenvalue weighted by molar-refractivity contribution is 5.63. The van der Waals surface area contributed by atoms with Crippen LogP contribution in [0.3, 0.4) is 0 Å². The highest BCUT2D eigenvalue weighted by Gasteiger charge is 2.38. The van der Waals surface area contributed by atoms with E-state index in [2.05, 4.69) is 34.6 Å². The first kappa shape index (κ1) is 11.8. The maximum absolute atomic E-state index is 5.92. The molecule has 1 aliphatic carbocycles. The third kappa shape index (κ3) is 2.47. The van der Waals surface area contributed by atoms with E-state index < -0.39 is 0 Å². The van der Waals surface area contributed by atoms with Crippen LogP contribution in [-0.4, -0.2) is 18.1 Å². The van der Waals surface area contributed by atoms with Crippen molar-refractivity contribution in [3.8, 4) is 5.88 Å². The van der Waals surface area contributed by atoms with Crippen molar-refractivity contribution >= 4 is 11.5 Å². The van der Waals surface area contributed by atoms with Gasteiger partial charge in [-0.25, -0.2) is 0 Å². The third-order valence-electron chi connectivity index (χ3n) is 3.45. The topological polar surface area (TPSA) is 60.2 Å². The summed E-state index contributed by atoms with van der Waals surface area (Å²) in [5.41, 5.74) is 7.94. The zero-order chi connectivity index (χ0) is 13.2. The van der Waals surface area contributed by atoms with Crippen LogP contribution in [0.1, 0.15) is 17.9 Å². The Hall–Kier alpha value is -2.23. The van der Waals surface area contributed by atoms with Crippen molar-refractivity contribution in [1.82, 2.24) is 4.98 Å². The van der Waals surface area contributed by atoms with Crippen molar-refractivity contribution in [2.24, 2.45) is 0 Å². The molecule has 1 saturated carbocycles. The standard InChI is InChI=1S/C15H17N3O/c1-19-14-8-7-12(16)15(18-14)17-13-9-11(13)10-5-3-2-4-6-10/h2-8,11,13H,9,16H2,1H3,(H,17,18). The molecule has 4 heteroatoms. The molecule has 19 heavy (non-hydrogen) atoms. The van der Waals surface area contributed by atoms with E-state index >= 15 is 0 Å². The normalized spacial score (nSPS) is 20.9. The number of nitrogens with two attached hydrogens (primary N) is 1. The molecule has 1 fully saturated rings. The molecular formula is C15H17N3O. The lowest BCUT2D eigenvalue weighted by Gasteiger charge is -2.09. The number of nitrogen functional groups attached to an aromatic ring is 1. The molecule has 2 atom stereocenters. The Balaban J connectivity index is 1.71. The minimum atomic E-state index is 0.407. The Morgan fingerprint density at radius 2 is 2.00 bits per heavy atom. The monoisotopic (exact) mass is 255 g/mol. The summed E-state index contributed by atoms with van der Waals surface area (Å²) in [6, 6.07) is 14.5. The highest BCUT2D eigenvalue weighted by atomic mass is 16.5. The maximum atomic E-state index is 5.92. The van der Waals surface area contributed by atoms with E-state index in [4.69, 9.17) is 10.5 Å². The van der Waals surface area contributed by atoms with Crippen LogP contribution >= 0.6 is 0 Å². The predicted octanol–water partition coefficient (Wildman–Crippen LogP) is 2.64. The average molecular weight is 255 g/mol. The van der Waals surface area contributed by atoms with Crippen LogP contribution in [0.4, 0.5) is 11.5 Å². The van der Waals surface area contributed by atoms with Crippen molar-refractivity contribution in [3.63, 3.8) is 0 Å². The first-order chi connectivity index (χ1) is 9.28. The summed E-state index contributed by atoms with van der Waals surface area (Å²) in [5.74, 6) is 1.84. The molecule has 0 radical (unpaired) electrons. The van der Waals surface area contributed by atoms with Gasteiger partial charge in [-0.2, -0.15) is 4.98 Å². The van der Waals surface area contributed by atoms with Crippen LogP contribution in [0, 0.1) is 0 Å². The minimum Gasteiger partial charge on any atom is -0.481 e. The van der Waals surface area contributed by atoms with Gasteiger partial charge in [-0.05, 0) is 18.1 Å². The van der Waals surface area contributed by atoms with Gasteiger partial charge < -0.3 is 15.8 Å². The fourth-order valence-electron chi connectivity index (χ4n) is 2.28. The van der Waals surface area contributed by atoms with Crippen molar-refractivity contribution in [2.75, 3.05) is 18.2 Å². The summed E-state index contributed by atoms with van der Waals surface area (Å²) in [6.07, 6.45) is 1.11. The molecule has 3 rings (SSSR count). The van der Waals surface area contributed by atoms with Crippen LogP contribution in [-0.2, 0) is 0 Å². The molecule has 4 nitrogen and oxygen atoms in total. The molecule has 1 heterocycles. The molecule has 2 unspecified atom stereocenters. The van der Waals surface area contributed by atoms with E-state index in [9.17, 15) is 0 Å². The SMILES string of the molecule is COc1ccc(N)c(NC2CC2c2ccccc2)n1. The van der Waals surface area contributed by atoms with Gasteiger partial charge in [-0.15, -0.1) is 0 Å². The van der Waals surface area contributed by atoms with E-state index in [0.29, 0.717) is 29.3 Å². The summed E-state index contributed by atoms with van der Waals surface area (Å²) in [4.78, 5) is 4.34. The molecule has 1 aromatic carbocycles. The number of nitrogens with zero attached hydrogens (tertiary/aromatic N) is 1. The molecule has 0 aliphatic heterocycles. The fraction of sp³-hybridized carbons (Fsp3) is 0.267. The number of benzene rings is 1. The summed E-state index contributed by atoms with van der Waals surface area (Å²) in [7, 11) is 1.60. The van der Waals surface area contributed by atoms with Crippen molar-refractivity contribution in [1.29, 1.82) is 0 Å². The van der Waals surface area contributed by atoms with E-state index in [1.807, 2.05) is 12.1 Å². The Morgan fingerprint density at radius 3 is 2.74 bits per heavy atom. The largest absolute Gasteiger partial charge is 0.481 e. The Kier molecular flexibility index (Phi) is 2.99. The number of hydrogen-bond acceptors (Lipinski definition) is 4. The lowest BCUT2D eigenvalue weighted by molar-refractivity contribution is 0.398. The van der Waals surface area contributed by atoms with Gasteiger partial charge in [0.2, 0.25) is 5.88 Å². The lowest BCUT2D eigenvalue weighted by atomic mass is 10.1. The first-order valence-corrected chi connectivity index (χ1v) is 6.40. The summed E-state index contributed by atoms with van der Waals surface area (Å²) < 4.78 is 5.12. The first-order valence-electron chi connectivity index (χ1n) is 6.40. The molecule has 1 aliphatic rings. The number of ether oxygens (including phenoxy) is 1.